The lowest BCUT2D eigenvalue weighted by Crippen LogP contribution is -2.13. The molecule has 0 aliphatic heterocycles. The molecule has 5 heteroatoms. The highest BCUT2D eigenvalue weighted by Gasteiger charge is 2.25. The number of aliphatic hydroxyl groups is 1. The molecule has 1 N–H and O–H groups in total. The summed E-state index contributed by atoms with van der Waals surface area (Å²) in [6.07, 6.45) is 6.93. The van der Waals surface area contributed by atoms with Crippen LogP contribution in [0.4, 0.5) is 13.2 Å². The van der Waals surface area contributed by atoms with Gasteiger partial charge in [0.1, 0.15) is 5.82 Å². The molecule has 0 bridgehead atoms. The summed E-state index contributed by atoms with van der Waals surface area (Å²) in [5.74, 6) is -1.93. The maximum Gasteiger partial charge on any atom is 0.200 e. The highest BCUT2D eigenvalue weighted by Crippen LogP contribution is 2.39. The zero-order valence-electron chi connectivity index (χ0n) is 15.2. The van der Waals surface area contributed by atoms with Crippen molar-refractivity contribution in [2.24, 2.45) is 5.92 Å². The van der Waals surface area contributed by atoms with Crippen LogP contribution in [0.3, 0.4) is 0 Å². The number of aliphatic hydroxyl groups excluding tert-OH is 1. The summed E-state index contributed by atoms with van der Waals surface area (Å²) < 4.78 is 47.0. The fraction of sp³-hybridized carbons (Fsp3) is 0.364. The van der Waals surface area contributed by atoms with Crippen LogP contribution >= 0.6 is 0 Å². The van der Waals surface area contributed by atoms with Gasteiger partial charge < -0.3 is 9.84 Å². The van der Waals surface area contributed by atoms with Gasteiger partial charge in [-0.15, -0.1) is 0 Å². The number of allylic oxidation sites excluding steroid dienone is 1. The molecule has 0 unspecified atom stereocenters. The molecular formula is C22H23F3O2. The van der Waals surface area contributed by atoms with E-state index in [0.717, 1.165) is 25.7 Å². The Morgan fingerprint density at radius 1 is 1.04 bits per heavy atom. The standard InChI is InChI=1S/C22H23F3O2/c1-27-20-11-10-18(21(24)22(20)25)16-6-2-14(3-7-16)4-8-17-9-5-15(13-26)12-19(17)23/h4-5,8-12,14,16,26H,2-3,6-7,13H2,1H3/b8-4+. The smallest absolute Gasteiger partial charge is 0.200 e. The predicted molar refractivity (Wildman–Crippen MR) is 99.0 cm³/mol. The van der Waals surface area contributed by atoms with Crippen molar-refractivity contribution in [3.63, 3.8) is 0 Å². The number of rotatable bonds is 5. The number of ether oxygens (including phenoxy) is 1. The second kappa shape index (κ2) is 8.61. The zero-order chi connectivity index (χ0) is 19.4. The fourth-order valence-corrected chi connectivity index (χ4v) is 3.69. The van der Waals surface area contributed by atoms with Crippen LogP contribution in [0.1, 0.15) is 48.3 Å². The number of halogens is 3. The molecule has 1 aliphatic carbocycles. The van der Waals surface area contributed by atoms with Crippen LogP contribution in [-0.4, -0.2) is 12.2 Å². The number of hydrogen-bond donors (Lipinski definition) is 1. The van der Waals surface area contributed by atoms with Crippen molar-refractivity contribution < 1.29 is 23.0 Å². The largest absolute Gasteiger partial charge is 0.494 e. The molecule has 0 saturated heterocycles. The van der Waals surface area contributed by atoms with Gasteiger partial charge in [-0.1, -0.05) is 30.4 Å². The van der Waals surface area contributed by atoms with Crippen LogP contribution in [-0.2, 0) is 6.61 Å². The summed E-state index contributed by atoms with van der Waals surface area (Å²) in [6, 6.07) is 7.76. The second-order valence-corrected chi connectivity index (χ2v) is 6.97. The SMILES string of the molecule is COc1ccc(C2CCC(/C=C/c3ccc(CO)cc3F)CC2)c(F)c1F. The van der Waals surface area contributed by atoms with Gasteiger partial charge >= 0.3 is 0 Å². The van der Waals surface area contributed by atoms with Gasteiger partial charge in [-0.2, -0.15) is 4.39 Å². The Hall–Kier alpha value is -2.27. The van der Waals surface area contributed by atoms with Crippen molar-refractivity contribution in [1.82, 2.24) is 0 Å². The summed E-state index contributed by atoms with van der Waals surface area (Å²) in [4.78, 5) is 0. The van der Waals surface area contributed by atoms with Crippen molar-refractivity contribution in [3.8, 4) is 5.75 Å². The van der Waals surface area contributed by atoms with Gasteiger partial charge in [0.25, 0.3) is 0 Å². The molecule has 1 saturated carbocycles. The third-order valence-electron chi connectivity index (χ3n) is 5.30. The highest BCUT2D eigenvalue weighted by atomic mass is 19.2. The summed E-state index contributed by atoms with van der Waals surface area (Å²) in [7, 11) is 1.31. The zero-order valence-corrected chi connectivity index (χ0v) is 15.2. The molecule has 0 amide bonds. The Morgan fingerprint density at radius 3 is 2.41 bits per heavy atom. The van der Waals surface area contributed by atoms with E-state index in [1.165, 1.54) is 19.2 Å². The van der Waals surface area contributed by atoms with E-state index in [2.05, 4.69) is 0 Å². The van der Waals surface area contributed by atoms with E-state index in [0.29, 0.717) is 16.7 Å². The van der Waals surface area contributed by atoms with Gasteiger partial charge in [0.2, 0.25) is 5.82 Å². The monoisotopic (exact) mass is 376 g/mol. The molecule has 0 heterocycles. The van der Waals surface area contributed by atoms with Crippen LogP contribution in [0.15, 0.2) is 36.4 Å². The van der Waals surface area contributed by atoms with Crippen molar-refractivity contribution in [2.75, 3.05) is 7.11 Å². The van der Waals surface area contributed by atoms with Crippen LogP contribution < -0.4 is 4.74 Å². The molecular weight excluding hydrogens is 353 g/mol. The lowest BCUT2D eigenvalue weighted by atomic mass is 9.78. The fourth-order valence-electron chi connectivity index (χ4n) is 3.69. The minimum Gasteiger partial charge on any atom is -0.494 e. The first-order chi connectivity index (χ1) is 13.0. The van der Waals surface area contributed by atoms with Gasteiger partial charge in [0.05, 0.1) is 13.7 Å². The van der Waals surface area contributed by atoms with Gasteiger partial charge in [-0.05, 0) is 60.8 Å². The molecule has 1 aliphatic rings. The van der Waals surface area contributed by atoms with Gasteiger partial charge in [0.15, 0.2) is 11.6 Å². The molecule has 2 aromatic carbocycles. The lowest BCUT2D eigenvalue weighted by molar-refractivity contribution is 0.281. The summed E-state index contributed by atoms with van der Waals surface area (Å²) in [5.41, 5.74) is 1.43. The van der Waals surface area contributed by atoms with E-state index in [9.17, 15) is 13.2 Å². The average molecular weight is 376 g/mol. The maximum atomic E-state index is 14.3. The molecule has 0 spiro atoms. The van der Waals surface area contributed by atoms with E-state index >= 15 is 0 Å². The minimum atomic E-state index is -0.932. The topological polar surface area (TPSA) is 29.5 Å². The third kappa shape index (κ3) is 4.35. The summed E-state index contributed by atoms with van der Waals surface area (Å²) >= 11 is 0. The third-order valence-corrected chi connectivity index (χ3v) is 5.30. The van der Waals surface area contributed by atoms with Gasteiger partial charge in [-0.25, -0.2) is 8.78 Å². The van der Waals surface area contributed by atoms with Gasteiger partial charge in [0, 0.05) is 5.56 Å². The first-order valence-corrected chi connectivity index (χ1v) is 9.12. The van der Waals surface area contributed by atoms with Crippen LogP contribution in [0.25, 0.3) is 6.08 Å². The molecule has 2 nitrogen and oxygen atoms in total. The van der Waals surface area contributed by atoms with Crippen LogP contribution in [0.5, 0.6) is 5.75 Å². The first-order valence-electron chi connectivity index (χ1n) is 9.12. The normalized spacial score (nSPS) is 20.2. The van der Waals surface area contributed by atoms with Gasteiger partial charge in [-0.3, -0.25) is 0 Å². The van der Waals surface area contributed by atoms with E-state index in [1.807, 2.05) is 6.08 Å². The van der Waals surface area contributed by atoms with Crippen molar-refractivity contribution >= 4 is 6.08 Å². The molecule has 144 valence electrons. The van der Waals surface area contributed by atoms with Crippen molar-refractivity contribution in [3.05, 3.63) is 70.5 Å². The van der Waals surface area contributed by atoms with Crippen molar-refractivity contribution in [2.45, 2.75) is 38.2 Å². The molecule has 0 aromatic heterocycles. The number of methoxy groups -OCH3 is 1. The van der Waals surface area contributed by atoms with E-state index < -0.39 is 11.6 Å². The number of hydrogen-bond acceptors (Lipinski definition) is 2. The molecule has 0 radical (unpaired) electrons. The summed E-state index contributed by atoms with van der Waals surface area (Å²) in [6.45, 7) is -0.187. The Labute approximate surface area is 157 Å². The molecule has 27 heavy (non-hydrogen) atoms. The summed E-state index contributed by atoms with van der Waals surface area (Å²) in [5, 5.41) is 9.03. The molecule has 1 fully saturated rings. The van der Waals surface area contributed by atoms with Crippen LogP contribution in [0, 0.1) is 23.4 Å². The first kappa shape index (κ1) is 19.5. The Bertz CT molecular complexity index is 825. The number of benzene rings is 2. The highest BCUT2D eigenvalue weighted by molar-refractivity contribution is 5.51. The Balaban J connectivity index is 1.63. The Morgan fingerprint density at radius 2 is 1.78 bits per heavy atom. The maximum absolute atomic E-state index is 14.3. The van der Waals surface area contributed by atoms with E-state index in [4.69, 9.17) is 9.84 Å². The molecule has 3 rings (SSSR count). The van der Waals surface area contributed by atoms with Crippen molar-refractivity contribution in [1.29, 1.82) is 0 Å². The average Bonchev–Trinajstić information content (AvgIpc) is 2.69. The quantitative estimate of drug-likeness (QED) is 0.737. The molecule has 0 atom stereocenters. The van der Waals surface area contributed by atoms with Crippen LogP contribution in [0.2, 0.25) is 0 Å². The molecule has 2 aromatic rings. The second-order valence-electron chi connectivity index (χ2n) is 6.97. The Kier molecular flexibility index (Phi) is 6.22. The van der Waals surface area contributed by atoms with E-state index in [-0.39, 0.29) is 30.0 Å². The predicted octanol–water partition coefficient (Wildman–Crippen LogP) is 5.59. The lowest BCUT2D eigenvalue weighted by Gasteiger charge is -2.27. The minimum absolute atomic E-state index is 0.0179. The van der Waals surface area contributed by atoms with E-state index in [1.54, 1.807) is 24.3 Å².